The van der Waals surface area contributed by atoms with Gasteiger partial charge in [-0.15, -0.1) is 0 Å². The highest BCUT2D eigenvalue weighted by molar-refractivity contribution is 5.43. The minimum atomic E-state index is 0.879. The quantitative estimate of drug-likeness (QED) is 0.811. The van der Waals surface area contributed by atoms with Gasteiger partial charge in [0.15, 0.2) is 0 Å². The minimum absolute atomic E-state index is 0.879. The Morgan fingerprint density at radius 3 is 2.22 bits per heavy atom. The Labute approximate surface area is 109 Å². The molecule has 0 aliphatic heterocycles. The van der Waals surface area contributed by atoms with Gasteiger partial charge < -0.3 is 10.6 Å². The number of para-hydroxylation sites is 1. The fourth-order valence-corrected chi connectivity index (χ4v) is 1.99. The fraction of sp³-hybridized carbons (Fsp3) is 0.250. The number of rotatable bonds is 6. The van der Waals surface area contributed by atoms with E-state index in [1.807, 2.05) is 13.1 Å². The first-order chi connectivity index (χ1) is 8.90. The average molecular weight is 240 g/mol. The van der Waals surface area contributed by atoms with Crippen LogP contribution in [0.2, 0.25) is 0 Å². The molecule has 0 bridgehead atoms. The van der Waals surface area contributed by atoms with Crippen LogP contribution < -0.4 is 10.6 Å². The summed E-state index contributed by atoms with van der Waals surface area (Å²) in [7, 11) is 1.99. The first-order valence-corrected chi connectivity index (χ1v) is 6.40. The van der Waals surface area contributed by atoms with Crippen molar-refractivity contribution >= 4 is 5.69 Å². The van der Waals surface area contributed by atoms with Gasteiger partial charge in [-0.1, -0.05) is 42.5 Å². The molecule has 0 unspecified atom stereocenters. The summed E-state index contributed by atoms with van der Waals surface area (Å²) in [4.78, 5) is 0. The highest BCUT2D eigenvalue weighted by Crippen LogP contribution is 2.12. The maximum atomic E-state index is 3.46. The van der Waals surface area contributed by atoms with E-state index in [-0.39, 0.29) is 0 Å². The van der Waals surface area contributed by atoms with Gasteiger partial charge in [0, 0.05) is 12.2 Å². The molecule has 2 aromatic carbocycles. The number of likely N-dealkylation sites (N-methyl/N-ethyl adjacent to an activating group) is 1. The van der Waals surface area contributed by atoms with Crippen molar-refractivity contribution in [2.75, 3.05) is 18.9 Å². The Morgan fingerprint density at radius 2 is 1.50 bits per heavy atom. The van der Waals surface area contributed by atoms with Crippen LogP contribution in [0.4, 0.5) is 5.69 Å². The topological polar surface area (TPSA) is 24.1 Å². The lowest BCUT2D eigenvalue weighted by molar-refractivity contribution is 0.786. The van der Waals surface area contributed by atoms with Gasteiger partial charge in [0.1, 0.15) is 0 Å². The number of hydrogen-bond acceptors (Lipinski definition) is 2. The van der Waals surface area contributed by atoms with Crippen molar-refractivity contribution in [2.45, 2.75) is 13.0 Å². The predicted octanol–water partition coefficient (Wildman–Crippen LogP) is 3.06. The number of anilines is 1. The van der Waals surface area contributed by atoms with Crippen molar-refractivity contribution in [3.8, 4) is 0 Å². The van der Waals surface area contributed by atoms with Crippen LogP contribution in [0.1, 0.15) is 11.1 Å². The highest BCUT2D eigenvalue weighted by atomic mass is 14.9. The monoisotopic (exact) mass is 240 g/mol. The van der Waals surface area contributed by atoms with Crippen molar-refractivity contribution in [1.29, 1.82) is 0 Å². The van der Waals surface area contributed by atoms with Crippen LogP contribution in [0.15, 0.2) is 54.6 Å². The van der Waals surface area contributed by atoms with E-state index < -0.39 is 0 Å². The Kier molecular flexibility index (Phi) is 4.79. The van der Waals surface area contributed by atoms with Gasteiger partial charge in [-0.3, -0.25) is 0 Å². The van der Waals surface area contributed by atoms with Crippen molar-refractivity contribution in [2.24, 2.45) is 0 Å². The zero-order valence-electron chi connectivity index (χ0n) is 10.8. The molecule has 2 nitrogen and oxygen atoms in total. The second kappa shape index (κ2) is 6.82. The zero-order valence-corrected chi connectivity index (χ0v) is 10.8. The van der Waals surface area contributed by atoms with E-state index in [1.165, 1.54) is 16.8 Å². The summed E-state index contributed by atoms with van der Waals surface area (Å²) < 4.78 is 0. The van der Waals surface area contributed by atoms with Crippen LogP contribution in [-0.4, -0.2) is 13.6 Å². The van der Waals surface area contributed by atoms with Crippen LogP contribution in [-0.2, 0) is 13.0 Å². The lowest BCUT2D eigenvalue weighted by atomic mass is 10.0. The Bertz CT molecular complexity index is 466. The molecule has 0 fully saturated rings. The third kappa shape index (κ3) is 3.60. The van der Waals surface area contributed by atoms with Gasteiger partial charge in [0.05, 0.1) is 0 Å². The SMILES string of the molecule is CNCCc1ccccc1CNc1ccccc1. The van der Waals surface area contributed by atoms with Crippen LogP contribution in [0, 0.1) is 0 Å². The summed E-state index contributed by atoms with van der Waals surface area (Å²) >= 11 is 0. The molecule has 0 radical (unpaired) electrons. The molecule has 0 aromatic heterocycles. The molecule has 2 N–H and O–H groups in total. The summed E-state index contributed by atoms with van der Waals surface area (Å²) in [6.45, 7) is 1.90. The summed E-state index contributed by atoms with van der Waals surface area (Å²) in [6, 6.07) is 18.9. The van der Waals surface area contributed by atoms with E-state index in [9.17, 15) is 0 Å². The summed E-state index contributed by atoms with van der Waals surface area (Å²) in [5, 5.41) is 6.65. The fourth-order valence-electron chi connectivity index (χ4n) is 1.99. The summed E-state index contributed by atoms with van der Waals surface area (Å²) in [6.07, 6.45) is 1.07. The van der Waals surface area contributed by atoms with E-state index in [2.05, 4.69) is 59.2 Å². The first-order valence-electron chi connectivity index (χ1n) is 6.40. The minimum Gasteiger partial charge on any atom is -0.381 e. The van der Waals surface area contributed by atoms with Crippen molar-refractivity contribution < 1.29 is 0 Å². The number of benzene rings is 2. The zero-order chi connectivity index (χ0) is 12.6. The molecule has 0 saturated heterocycles. The van der Waals surface area contributed by atoms with Gasteiger partial charge in [-0.05, 0) is 43.3 Å². The molecule has 0 aliphatic rings. The molecule has 94 valence electrons. The Hall–Kier alpha value is -1.80. The van der Waals surface area contributed by atoms with E-state index in [1.54, 1.807) is 0 Å². The number of nitrogens with one attached hydrogen (secondary N) is 2. The van der Waals surface area contributed by atoms with Crippen molar-refractivity contribution in [3.63, 3.8) is 0 Å². The molecule has 18 heavy (non-hydrogen) atoms. The average Bonchev–Trinajstić information content (AvgIpc) is 2.45. The lowest BCUT2D eigenvalue weighted by Gasteiger charge is -2.11. The normalized spacial score (nSPS) is 10.3. The standard InChI is InChI=1S/C16H20N2/c1-17-12-11-14-7-5-6-8-15(14)13-18-16-9-3-2-4-10-16/h2-10,17-18H,11-13H2,1H3. The van der Waals surface area contributed by atoms with Crippen LogP contribution in [0.25, 0.3) is 0 Å². The maximum Gasteiger partial charge on any atom is 0.0403 e. The van der Waals surface area contributed by atoms with Crippen LogP contribution in [0.3, 0.4) is 0 Å². The number of hydrogen-bond donors (Lipinski definition) is 2. The molecule has 0 spiro atoms. The highest BCUT2D eigenvalue weighted by Gasteiger charge is 2.00. The maximum absolute atomic E-state index is 3.46. The first kappa shape index (κ1) is 12.7. The Morgan fingerprint density at radius 1 is 0.833 bits per heavy atom. The summed E-state index contributed by atoms with van der Waals surface area (Å²) in [5.41, 5.74) is 3.95. The second-order valence-electron chi connectivity index (χ2n) is 4.34. The second-order valence-corrected chi connectivity index (χ2v) is 4.34. The molecule has 0 aliphatic carbocycles. The molecule has 2 aromatic rings. The van der Waals surface area contributed by atoms with Gasteiger partial charge in [0.2, 0.25) is 0 Å². The summed E-state index contributed by atoms with van der Waals surface area (Å²) in [5.74, 6) is 0. The lowest BCUT2D eigenvalue weighted by Crippen LogP contribution is -2.12. The third-order valence-corrected chi connectivity index (χ3v) is 3.02. The van der Waals surface area contributed by atoms with Gasteiger partial charge in [-0.2, -0.15) is 0 Å². The Balaban J connectivity index is 2.00. The largest absolute Gasteiger partial charge is 0.381 e. The smallest absolute Gasteiger partial charge is 0.0403 e. The van der Waals surface area contributed by atoms with Gasteiger partial charge in [-0.25, -0.2) is 0 Å². The third-order valence-electron chi connectivity index (χ3n) is 3.02. The molecule has 2 rings (SSSR count). The van der Waals surface area contributed by atoms with E-state index in [0.717, 1.165) is 19.5 Å². The van der Waals surface area contributed by atoms with Crippen molar-refractivity contribution in [3.05, 3.63) is 65.7 Å². The molecular weight excluding hydrogens is 220 g/mol. The van der Waals surface area contributed by atoms with E-state index in [0.29, 0.717) is 0 Å². The molecule has 2 heteroatoms. The van der Waals surface area contributed by atoms with Crippen LogP contribution >= 0.6 is 0 Å². The van der Waals surface area contributed by atoms with Crippen molar-refractivity contribution in [1.82, 2.24) is 5.32 Å². The van der Waals surface area contributed by atoms with Gasteiger partial charge in [0.25, 0.3) is 0 Å². The molecular formula is C16H20N2. The molecule has 0 heterocycles. The van der Waals surface area contributed by atoms with Crippen LogP contribution in [0.5, 0.6) is 0 Å². The van der Waals surface area contributed by atoms with E-state index in [4.69, 9.17) is 0 Å². The van der Waals surface area contributed by atoms with Gasteiger partial charge >= 0.3 is 0 Å². The molecule has 0 amide bonds. The molecule has 0 atom stereocenters. The predicted molar refractivity (Wildman–Crippen MR) is 77.8 cm³/mol. The van der Waals surface area contributed by atoms with E-state index >= 15 is 0 Å². The molecule has 0 saturated carbocycles.